The van der Waals surface area contributed by atoms with E-state index >= 15 is 0 Å². The van der Waals surface area contributed by atoms with Crippen molar-refractivity contribution in [1.82, 2.24) is 4.98 Å². The molecule has 2 aromatic rings. The molecule has 0 aliphatic heterocycles. The highest BCUT2D eigenvalue weighted by Crippen LogP contribution is 2.29. The lowest BCUT2D eigenvalue weighted by Gasteiger charge is -2.12. The number of methoxy groups -OCH3 is 1. The molecular formula is C15H14FNO3. The molecule has 2 rings (SSSR count). The normalized spacial score (nSPS) is 10.2. The van der Waals surface area contributed by atoms with Crippen LogP contribution in [0.4, 0.5) is 4.39 Å². The van der Waals surface area contributed by atoms with Crippen LogP contribution in [0.1, 0.15) is 17.3 Å². The van der Waals surface area contributed by atoms with Crippen molar-refractivity contribution < 1.29 is 18.7 Å². The van der Waals surface area contributed by atoms with Crippen LogP contribution in [0.5, 0.6) is 5.88 Å². The first-order valence-corrected chi connectivity index (χ1v) is 6.13. The van der Waals surface area contributed by atoms with Crippen LogP contribution in [-0.2, 0) is 4.74 Å². The van der Waals surface area contributed by atoms with Crippen LogP contribution in [0.15, 0.2) is 36.5 Å². The van der Waals surface area contributed by atoms with Crippen molar-refractivity contribution in [3.05, 3.63) is 47.9 Å². The number of hydrogen-bond acceptors (Lipinski definition) is 4. The highest BCUT2D eigenvalue weighted by Gasteiger charge is 2.20. The SMILES string of the molecule is CCOc1nccc(-c2ccc(F)cc2)c1C(=O)OC. The molecule has 0 amide bonds. The maximum atomic E-state index is 13.0. The van der Waals surface area contributed by atoms with Crippen LogP contribution < -0.4 is 4.74 Å². The second-order valence-corrected chi connectivity index (χ2v) is 3.97. The lowest BCUT2D eigenvalue weighted by atomic mass is 10.0. The second-order valence-electron chi connectivity index (χ2n) is 3.97. The van der Waals surface area contributed by atoms with E-state index in [1.54, 1.807) is 25.1 Å². The van der Waals surface area contributed by atoms with E-state index in [2.05, 4.69) is 4.98 Å². The van der Waals surface area contributed by atoms with Gasteiger partial charge >= 0.3 is 5.97 Å². The Hall–Kier alpha value is -2.43. The number of carbonyl (C=O) groups is 1. The quantitative estimate of drug-likeness (QED) is 0.805. The van der Waals surface area contributed by atoms with Gasteiger partial charge in [-0.25, -0.2) is 14.2 Å². The third-order valence-corrected chi connectivity index (χ3v) is 2.74. The smallest absolute Gasteiger partial charge is 0.344 e. The number of rotatable bonds is 4. The Labute approximate surface area is 116 Å². The summed E-state index contributed by atoms with van der Waals surface area (Å²) in [5.41, 5.74) is 1.52. The van der Waals surface area contributed by atoms with E-state index in [0.717, 1.165) is 0 Å². The summed E-state index contributed by atoms with van der Waals surface area (Å²) in [6.45, 7) is 2.18. The predicted molar refractivity (Wildman–Crippen MR) is 72.1 cm³/mol. The minimum atomic E-state index is -0.541. The summed E-state index contributed by atoms with van der Waals surface area (Å²) >= 11 is 0. The zero-order valence-corrected chi connectivity index (χ0v) is 11.2. The topological polar surface area (TPSA) is 48.4 Å². The standard InChI is InChI=1S/C15H14FNO3/c1-3-20-14-13(15(18)19-2)12(8-9-17-14)10-4-6-11(16)7-5-10/h4-9H,3H2,1-2H3. The van der Waals surface area contributed by atoms with Crippen molar-refractivity contribution in [2.45, 2.75) is 6.92 Å². The molecule has 1 aromatic carbocycles. The van der Waals surface area contributed by atoms with Crippen molar-refractivity contribution in [3.63, 3.8) is 0 Å². The number of carbonyl (C=O) groups excluding carboxylic acids is 1. The molecule has 0 radical (unpaired) electrons. The minimum Gasteiger partial charge on any atom is -0.477 e. The molecule has 104 valence electrons. The molecule has 0 atom stereocenters. The molecule has 0 fully saturated rings. The van der Waals surface area contributed by atoms with E-state index in [1.165, 1.54) is 25.4 Å². The van der Waals surface area contributed by atoms with Gasteiger partial charge in [0.1, 0.15) is 11.4 Å². The van der Waals surface area contributed by atoms with Gasteiger partial charge in [-0.2, -0.15) is 0 Å². The highest BCUT2D eigenvalue weighted by molar-refractivity contribution is 5.99. The number of aromatic nitrogens is 1. The summed E-state index contributed by atoms with van der Waals surface area (Å²) in [7, 11) is 1.29. The highest BCUT2D eigenvalue weighted by atomic mass is 19.1. The molecule has 1 aromatic heterocycles. The summed E-state index contributed by atoms with van der Waals surface area (Å²) in [5, 5.41) is 0. The maximum absolute atomic E-state index is 13.0. The number of nitrogens with zero attached hydrogens (tertiary/aromatic N) is 1. The molecule has 0 N–H and O–H groups in total. The minimum absolute atomic E-state index is 0.209. The van der Waals surface area contributed by atoms with Gasteiger partial charge in [-0.15, -0.1) is 0 Å². The van der Waals surface area contributed by atoms with Crippen molar-refractivity contribution in [3.8, 4) is 17.0 Å². The van der Waals surface area contributed by atoms with Crippen molar-refractivity contribution in [2.75, 3.05) is 13.7 Å². The molecule has 1 heterocycles. The summed E-state index contributed by atoms with van der Waals surface area (Å²) in [6, 6.07) is 7.51. The summed E-state index contributed by atoms with van der Waals surface area (Å²) < 4.78 is 23.1. The monoisotopic (exact) mass is 275 g/mol. The third-order valence-electron chi connectivity index (χ3n) is 2.74. The van der Waals surface area contributed by atoms with Gasteiger partial charge in [0.05, 0.1) is 13.7 Å². The molecule has 0 aliphatic carbocycles. The average molecular weight is 275 g/mol. The predicted octanol–water partition coefficient (Wildman–Crippen LogP) is 3.07. The Bertz CT molecular complexity index is 611. The molecule has 5 heteroatoms. The largest absolute Gasteiger partial charge is 0.477 e. The van der Waals surface area contributed by atoms with E-state index in [1.807, 2.05) is 0 Å². The molecule has 4 nitrogen and oxygen atoms in total. The van der Waals surface area contributed by atoms with Crippen molar-refractivity contribution >= 4 is 5.97 Å². The van der Waals surface area contributed by atoms with Gasteiger partial charge in [-0.05, 0) is 30.7 Å². The van der Waals surface area contributed by atoms with Crippen molar-refractivity contribution in [1.29, 1.82) is 0 Å². The second kappa shape index (κ2) is 6.14. The molecule has 0 saturated carbocycles. The molecule has 0 spiro atoms. The zero-order valence-electron chi connectivity index (χ0n) is 11.2. The molecular weight excluding hydrogens is 261 g/mol. The Balaban J connectivity index is 2.59. The summed E-state index contributed by atoms with van der Waals surface area (Å²) in [4.78, 5) is 16.0. The Morgan fingerprint density at radius 3 is 2.55 bits per heavy atom. The van der Waals surface area contributed by atoms with Crippen LogP contribution in [0, 0.1) is 5.82 Å². The average Bonchev–Trinajstić information content (AvgIpc) is 2.47. The van der Waals surface area contributed by atoms with E-state index < -0.39 is 5.97 Å². The first kappa shape index (κ1) is 14.0. The molecule has 20 heavy (non-hydrogen) atoms. The van der Waals surface area contributed by atoms with Crippen LogP contribution in [0.2, 0.25) is 0 Å². The van der Waals surface area contributed by atoms with Crippen LogP contribution >= 0.6 is 0 Å². The number of benzene rings is 1. The van der Waals surface area contributed by atoms with Gasteiger partial charge in [0.2, 0.25) is 5.88 Å². The fourth-order valence-electron chi connectivity index (χ4n) is 1.86. The van der Waals surface area contributed by atoms with Gasteiger partial charge < -0.3 is 9.47 Å². The van der Waals surface area contributed by atoms with Gasteiger partial charge in [-0.1, -0.05) is 12.1 Å². The Kier molecular flexibility index (Phi) is 4.30. The van der Waals surface area contributed by atoms with E-state index in [9.17, 15) is 9.18 Å². The third kappa shape index (κ3) is 2.77. The van der Waals surface area contributed by atoms with E-state index in [-0.39, 0.29) is 17.3 Å². The van der Waals surface area contributed by atoms with Gasteiger partial charge in [0, 0.05) is 11.8 Å². The van der Waals surface area contributed by atoms with Crippen LogP contribution in [-0.4, -0.2) is 24.7 Å². The number of hydrogen-bond donors (Lipinski definition) is 0. The summed E-state index contributed by atoms with van der Waals surface area (Å²) in [6.07, 6.45) is 1.54. The lowest BCUT2D eigenvalue weighted by Crippen LogP contribution is -2.09. The van der Waals surface area contributed by atoms with Crippen LogP contribution in [0.25, 0.3) is 11.1 Å². The lowest BCUT2D eigenvalue weighted by molar-refractivity contribution is 0.0596. The molecule has 0 unspecified atom stereocenters. The molecule has 0 saturated heterocycles. The van der Waals surface area contributed by atoms with Gasteiger partial charge in [0.15, 0.2) is 0 Å². The van der Waals surface area contributed by atoms with Crippen molar-refractivity contribution in [2.24, 2.45) is 0 Å². The number of ether oxygens (including phenoxy) is 2. The zero-order chi connectivity index (χ0) is 14.5. The Morgan fingerprint density at radius 2 is 1.95 bits per heavy atom. The maximum Gasteiger partial charge on any atom is 0.344 e. The number of halogens is 1. The molecule has 0 bridgehead atoms. The first-order chi connectivity index (χ1) is 9.67. The van der Waals surface area contributed by atoms with Crippen LogP contribution in [0.3, 0.4) is 0 Å². The number of pyridine rings is 1. The van der Waals surface area contributed by atoms with Gasteiger partial charge in [-0.3, -0.25) is 0 Å². The Morgan fingerprint density at radius 1 is 1.25 bits per heavy atom. The fourth-order valence-corrected chi connectivity index (χ4v) is 1.86. The molecule has 0 aliphatic rings. The fraction of sp³-hybridized carbons (Fsp3) is 0.200. The summed E-state index contributed by atoms with van der Waals surface area (Å²) in [5.74, 6) is -0.672. The first-order valence-electron chi connectivity index (χ1n) is 6.13. The van der Waals surface area contributed by atoms with E-state index in [0.29, 0.717) is 17.7 Å². The number of esters is 1. The van der Waals surface area contributed by atoms with E-state index in [4.69, 9.17) is 9.47 Å². The van der Waals surface area contributed by atoms with Gasteiger partial charge in [0.25, 0.3) is 0 Å².